The average Bonchev–Trinajstić information content (AvgIpc) is 2.89. The Morgan fingerprint density at radius 1 is 1.27 bits per heavy atom. The van der Waals surface area contributed by atoms with E-state index in [1.165, 1.54) is 12.1 Å². The van der Waals surface area contributed by atoms with E-state index in [1.807, 2.05) is 0 Å². The molecule has 2 saturated heterocycles. The molecule has 1 aromatic rings. The summed E-state index contributed by atoms with van der Waals surface area (Å²) in [5, 5.41) is 0. The molecule has 22 heavy (non-hydrogen) atoms. The molecule has 5 heteroatoms. The highest BCUT2D eigenvalue weighted by Crippen LogP contribution is 2.42. The molecule has 0 saturated carbocycles. The van der Waals surface area contributed by atoms with E-state index in [4.69, 9.17) is 9.47 Å². The van der Waals surface area contributed by atoms with Crippen LogP contribution in [0.15, 0.2) is 18.2 Å². The number of piperidine rings is 1. The molecule has 2 heterocycles. The second kappa shape index (κ2) is 6.60. The third-order valence-corrected chi connectivity index (χ3v) is 4.95. The fourth-order valence-corrected chi connectivity index (χ4v) is 3.62. The van der Waals surface area contributed by atoms with Gasteiger partial charge < -0.3 is 9.47 Å². The van der Waals surface area contributed by atoms with Gasteiger partial charge in [0.2, 0.25) is 0 Å². The van der Waals surface area contributed by atoms with Crippen molar-refractivity contribution in [3.63, 3.8) is 0 Å². The van der Waals surface area contributed by atoms with Gasteiger partial charge in [-0.25, -0.2) is 8.78 Å². The lowest BCUT2D eigenvalue weighted by Crippen LogP contribution is -2.40. The van der Waals surface area contributed by atoms with Crippen molar-refractivity contribution in [2.45, 2.75) is 31.9 Å². The Labute approximate surface area is 130 Å². The first-order chi connectivity index (χ1) is 10.6. The number of nitrogens with zero attached hydrogens (tertiary/aromatic N) is 1. The monoisotopic (exact) mass is 311 g/mol. The molecule has 0 aromatic heterocycles. The second-order valence-electron chi connectivity index (χ2n) is 6.62. The second-order valence-corrected chi connectivity index (χ2v) is 6.62. The number of benzene rings is 1. The average molecular weight is 311 g/mol. The first kappa shape index (κ1) is 15.8. The standard InChI is InChI=1S/C17H23F2NO2/c1-21-11-14-9-17(12-22-14)4-6-20(7-5-17)10-13-2-3-15(18)16(19)8-13/h2-3,8,14H,4-7,9-12H2,1H3/t14-/m1/s1. The van der Waals surface area contributed by atoms with Crippen LogP contribution in [0.2, 0.25) is 0 Å². The zero-order chi connectivity index (χ0) is 15.6. The highest BCUT2D eigenvalue weighted by molar-refractivity contribution is 5.17. The molecule has 2 aliphatic heterocycles. The summed E-state index contributed by atoms with van der Waals surface area (Å²) in [5.41, 5.74) is 1.11. The SMILES string of the molecule is COC[C@H]1CC2(CCN(Cc3ccc(F)c(F)c3)CC2)CO1. The molecule has 3 nitrogen and oxygen atoms in total. The van der Waals surface area contributed by atoms with Crippen LogP contribution in [0.4, 0.5) is 8.78 Å². The van der Waals surface area contributed by atoms with Gasteiger partial charge in [-0.3, -0.25) is 4.90 Å². The Hall–Kier alpha value is -1.04. The number of hydrogen-bond donors (Lipinski definition) is 0. The lowest BCUT2D eigenvalue weighted by molar-refractivity contribution is 0.0284. The summed E-state index contributed by atoms with van der Waals surface area (Å²) in [5.74, 6) is -1.55. The molecule has 0 bridgehead atoms. The summed E-state index contributed by atoms with van der Waals surface area (Å²) in [6.45, 7) is 4.11. The molecule has 0 radical (unpaired) electrons. The lowest BCUT2D eigenvalue weighted by atomic mass is 9.76. The van der Waals surface area contributed by atoms with Gasteiger partial charge in [-0.15, -0.1) is 0 Å². The summed E-state index contributed by atoms with van der Waals surface area (Å²) in [7, 11) is 1.71. The number of likely N-dealkylation sites (tertiary alicyclic amines) is 1. The number of ether oxygens (including phenoxy) is 2. The quantitative estimate of drug-likeness (QED) is 0.853. The summed E-state index contributed by atoms with van der Waals surface area (Å²) < 4.78 is 37.2. The minimum Gasteiger partial charge on any atom is -0.382 e. The summed E-state index contributed by atoms with van der Waals surface area (Å²) in [6, 6.07) is 4.17. The molecule has 2 fully saturated rings. The zero-order valence-corrected chi connectivity index (χ0v) is 13.0. The van der Waals surface area contributed by atoms with Crippen molar-refractivity contribution >= 4 is 0 Å². The van der Waals surface area contributed by atoms with Crippen LogP contribution >= 0.6 is 0 Å². The third kappa shape index (κ3) is 3.47. The predicted octanol–water partition coefficient (Wildman–Crippen LogP) is 2.98. The van der Waals surface area contributed by atoms with Crippen molar-refractivity contribution in [3.8, 4) is 0 Å². The van der Waals surface area contributed by atoms with Gasteiger partial charge in [0.25, 0.3) is 0 Å². The number of rotatable bonds is 4. The van der Waals surface area contributed by atoms with Crippen LogP contribution in [0.5, 0.6) is 0 Å². The Morgan fingerprint density at radius 2 is 2.05 bits per heavy atom. The van der Waals surface area contributed by atoms with E-state index in [2.05, 4.69) is 4.90 Å². The molecule has 122 valence electrons. The van der Waals surface area contributed by atoms with Gasteiger partial charge >= 0.3 is 0 Å². The van der Waals surface area contributed by atoms with Crippen LogP contribution in [0.1, 0.15) is 24.8 Å². The van der Waals surface area contributed by atoms with Crippen LogP contribution in [0, 0.1) is 17.0 Å². The predicted molar refractivity (Wildman–Crippen MR) is 79.5 cm³/mol. The summed E-state index contributed by atoms with van der Waals surface area (Å²) in [4.78, 5) is 2.31. The maximum absolute atomic E-state index is 13.3. The molecule has 0 aliphatic carbocycles. The van der Waals surface area contributed by atoms with E-state index in [-0.39, 0.29) is 11.5 Å². The smallest absolute Gasteiger partial charge is 0.159 e. The highest BCUT2D eigenvalue weighted by atomic mass is 19.2. The Morgan fingerprint density at radius 3 is 2.73 bits per heavy atom. The number of methoxy groups -OCH3 is 1. The van der Waals surface area contributed by atoms with Crippen LogP contribution in [-0.2, 0) is 16.0 Å². The summed E-state index contributed by atoms with van der Waals surface area (Å²) in [6.07, 6.45) is 3.48. The Kier molecular flexibility index (Phi) is 4.76. The fraction of sp³-hybridized carbons (Fsp3) is 0.647. The highest BCUT2D eigenvalue weighted by Gasteiger charge is 2.42. The van der Waals surface area contributed by atoms with Gasteiger partial charge in [0, 0.05) is 13.7 Å². The molecule has 3 rings (SSSR count). The minimum atomic E-state index is -0.784. The van der Waals surface area contributed by atoms with Gasteiger partial charge in [0.15, 0.2) is 11.6 Å². The van der Waals surface area contributed by atoms with E-state index in [9.17, 15) is 8.78 Å². The van der Waals surface area contributed by atoms with Crippen LogP contribution in [0.25, 0.3) is 0 Å². The zero-order valence-electron chi connectivity index (χ0n) is 13.0. The molecule has 0 amide bonds. The maximum Gasteiger partial charge on any atom is 0.159 e. The van der Waals surface area contributed by atoms with Gasteiger partial charge in [0.05, 0.1) is 19.3 Å². The van der Waals surface area contributed by atoms with Crippen molar-refractivity contribution < 1.29 is 18.3 Å². The Bertz CT molecular complexity index is 515. The number of halogens is 2. The van der Waals surface area contributed by atoms with Crippen LogP contribution < -0.4 is 0 Å². The van der Waals surface area contributed by atoms with Crippen molar-refractivity contribution in [2.75, 3.05) is 33.4 Å². The molecule has 2 aliphatic rings. The molecule has 0 unspecified atom stereocenters. The van der Waals surface area contributed by atoms with E-state index < -0.39 is 11.6 Å². The van der Waals surface area contributed by atoms with Crippen molar-refractivity contribution in [3.05, 3.63) is 35.4 Å². The molecular weight excluding hydrogens is 288 g/mol. The van der Waals surface area contributed by atoms with E-state index in [1.54, 1.807) is 13.2 Å². The van der Waals surface area contributed by atoms with E-state index in [0.29, 0.717) is 13.2 Å². The van der Waals surface area contributed by atoms with E-state index >= 15 is 0 Å². The van der Waals surface area contributed by atoms with Crippen LogP contribution in [-0.4, -0.2) is 44.4 Å². The summed E-state index contributed by atoms with van der Waals surface area (Å²) >= 11 is 0. The fourth-order valence-electron chi connectivity index (χ4n) is 3.62. The number of hydrogen-bond acceptors (Lipinski definition) is 3. The minimum absolute atomic E-state index is 0.225. The van der Waals surface area contributed by atoms with E-state index in [0.717, 1.165) is 44.5 Å². The van der Waals surface area contributed by atoms with Crippen molar-refractivity contribution in [2.24, 2.45) is 5.41 Å². The van der Waals surface area contributed by atoms with Gasteiger partial charge in [-0.05, 0) is 55.5 Å². The lowest BCUT2D eigenvalue weighted by Gasteiger charge is -2.38. The molecular formula is C17H23F2NO2. The first-order valence-electron chi connectivity index (χ1n) is 7.87. The third-order valence-electron chi connectivity index (χ3n) is 4.95. The van der Waals surface area contributed by atoms with Gasteiger partial charge in [-0.2, -0.15) is 0 Å². The van der Waals surface area contributed by atoms with Crippen molar-refractivity contribution in [1.82, 2.24) is 4.90 Å². The van der Waals surface area contributed by atoms with Gasteiger partial charge in [0.1, 0.15) is 0 Å². The van der Waals surface area contributed by atoms with Crippen LogP contribution in [0.3, 0.4) is 0 Å². The topological polar surface area (TPSA) is 21.7 Å². The van der Waals surface area contributed by atoms with Gasteiger partial charge in [-0.1, -0.05) is 6.07 Å². The first-order valence-corrected chi connectivity index (χ1v) is 7.87. The molecule has 1 aromatic carbocycles. The molecule has 1 atom stereocenters. The largest absolute Gasteiger partial charge is 0.382 e. The normalized spacial score (nSPS) is 25.0. The molecule has 0 N–H and O–H groups in total. The Balaban J connectivity index is 1.52. The maximum atomic E-state index is 13.3. The van der Waals surface area contributed by atoms with Crippen molar-refractivity contribution in [1.29, 1.82) is 0 Å². The molecule has 1 spiro atoms.